The Balaban J connectivity index is 2.27. The molecule has 0 saturated heterocycles. The molecule has 17 heavy (non-hydrogen) atoms. The summed E-state index contributed by atoms with van der Waals surface area (Å²) < 4.78 is 0. The molecule has 0 amide bonds. The molecule has 1 unspecified atom stereocenters. The summed E-state index contributed by atoms with van der Waals surface area (Å²) in [5, 5.41) is 0. The van der Waals surface area contributed by atoms with E-state index in [9.17, 15) is 0 Å². The van der Waals surface area contributed by atoms with E-state index in [2.05, 4.69) is 45.2 Å². The summed E-state index contributed by atoms with van der Waals surface area (Å²) in [5.74, 6) is 0.729. The fourth-order valence-corrected chi connectivity index (χ4v) is 2.03. The van der Waals surface area contributed by atoms with E-state index in [1.807, 2.05) is 0 Å². The molecule has 0 aromatic carbocycles. The molecule has 0 bridgehead atoms. The van der Waals surface area contributed by atoms with Gasteiger partial charge in [0.1, 0.15) is 0 Å². The minimum atomic E-state index is 0.729. The van der Waals surface area contributed by atoms with E-state index in [4.69, 9.17) is 0 Å². The minimum Gasteiger partial charge on any atom is -0.100 e. The molecular weight excluding hydrogens is 204 g/mol. The quantitative estimate of drug-likeness (QED) is 0.500. The van der Waals surface area contributed by atoms with Crippen LogP contribution in [0.15, 0.2) is 48.1 Å². The van der Waals surface area contributed by atoms with E-state index in [0.29, 0.717) is 0 Å². The van der Waals surface area contributed by atoms with E-state index < -0.39 is 0 Å². The highest BCUT2D eigenvalue weighted by Crippen LogP contribution is 2.25. The zero-order valence-electron chi connectivity index (χ0n) is 11.5. The third-order valence-electron chi connectivity index (χ3n) is 3.47. The highest BCUT2D eigenvalue weighted by molar-refractivity contribution is 5.24. The zero-order valence-corrected chi connectivity index (χ0v) is 11.5. The van der Waals surface area contributed by atoms with Crippen LogP contribution in [0.1, 0.15) is 52.4 Å². The van der Waals surface area contributed by atoms with Crippen LogP contribution in [0.4, 0.5) is 0 Å². The van der Waals surface area contributed by atoms with Crippen LogP contribution < -0.4 is 0 Å². The maximum absolute atomic E-state index is 4.07. The molecule has 94 valence electrons. The highest BCUT2D eigenvalue weighted by atomic mass is 14.1. The maximum atomic E-state index is 4.07. The first-order valence-electron chi connectivity index (χ1n) is 6.80. The standard InChI is InChI=1S/C17H26/c1-5-15(4)7-9-17-12-10-16(11-13-17)8-6-14(2)3/h10-12,17H,2,4-9,13H2,1,3H3. The Morgan fingerprint density at radius 2 is 2.12 bits per heavy atom. The number of allylic oxidation sites excluding steroid dienone is 6. The molecule has 0 N–H and O–H groups in total. The van der Waals surface area contributed by atoms with Crippen molar-refractivity contribution in [3.63, 3.8) is 0 Å². The normalized spacial score (nSPS) is 18.9. The Kier molecular flexibility index (Phi) is 6.04. The molecule has 0 aliphatic heterocycles. The third-order valence-corrected chi connectivity index (χ3v) is 3.47. The molecule has 0 aromatic heterocycles. The van der Waals surface area contributed by atoms with Gasteiger partial charge in [-0.05, 0) is 51.4 Å². The summed E-state index contributed by atoms with van der Waals surface area (Å²) in [4.78, 5) is 0. The van der Waals surface area contributed by atoms with Crippen LogP contribution in [0.25, 0.3) is 0 Å². The third kappa shape index (κ3) is 5.72. The van der Waals surface area contributed by atoms with Crippen LogP contribution in [0.3, 0.4) is 0 Å². The summed E-state index contributed by atoms with van der Waals surface area (Å²) >= 11 is 0. The Morgan fingerprint density at radius 1 is 1.35 bits per heavy atom. The molecule has 1 atom stereocenters. The predicted molar refractivity (Wildman–Crippen MR) is 78.0 cm³/mol. The molecule has 0 radical (unpaired) electrons. The van der Waals surface area contributed by atoms with Gasteiger partial charge in [0.05, 0.1) is 0 Å². The van der Waals surface area contributed by atoms with E-state index in [1.165, 1.54) is 36.0 Å². The van der Waals surface area contributed by atoms with Gasteiger partial charge in [0.25, 0.3) is 0 Å². The highest BCUT2D eigenvalue weighted by Gasteiger charge is 2.08. The van der Waals surface area contributed by atoms with Crippen molar-refractivity contribution in [1.29, 1.82) is 0 Å². The van der Waals surface area contributed by atoms with E-state index in [0.717, 1.165) is 25.2 Å². The lowest BCUT2D eigenvalue weighted by Crippen LogP contribution is -2.00. The molecular formula is C17H26. The topological polar surface area (TPSA) is 0 Å². The van der Waals surface area contributed by atoms with E-state index >= 15 is 0 Å². The summed E-state index contributed by atoms with van der Waals surface area (Å²) in [5.41, 5.74) is 4.15. The average molecular weight is 230 g/mol. The molecule has 0 fully saturated rings. The van der Waals surface area contributed by atoms with E-state index in [1.54, 1.807) is 0 Å². The Labute approximate surface area is 107 Å². The molecule has 0 aromatic rings. The van der Waals surface area contributed by atoms with Gasteiger partial charge in [0.15, 0.2) is 0 Å². The largest absolute Gasteiger partial charge is 0.100 e. The molecule has 0 spiro atoms. The van der Waals surface area contributed by atoms with Crippen LogP contribution in [0.5, 0.6) is 0 Å². The molecule has 1 aliphatic carbocycles. The second-order valence-electron chi connectivity index (χ2n) is 5.23. The SMILES string of the molecule is C=C(C)CCC1=CCC(CCC(=C)CC)C=C1. The van der Waals surface area contributed by atoms with Gasteiger partial charge >= 0.3 is 0 Å². The van der Waals surface area contributed by atoms with Gasteiger partial charge < -0.3 is 0 Å². The van der Waals surface area contributed by atoms with Crippen molar-refractivity contribution in [2.45, 2.75) is 52.4 Å². The van der Waals surface area contributed by atoms with Gasteiger partial charge in [0, 0.05) is 0 Å². The summed E-state index contributed by atoms with van der Waals surface area (Å²) in [6.07, 6.45) is 14.1. The second kappa shape index (κ2) is 7.32. The van der Waals surface area contributed by atoms with Crippen molar-refractivity contribution in [1.82, 2.24) is 0 Å². The van der Waals surface area contributed by atoms with Crippen molar-refractivity contribution < 1.29 is 0 Å². The van der Waals surface area contributed by atoms with E-state index in [-0.39, 0.29) is 0 Å². The van der Waals surface area contributed by atoms with Gasteiger partial charge in [-0.2, -0.15) is 0 Å². The lowest BCUT2D eigenvalue weighted by atomic mass is 9.89. The summed E-state index contributed by atoms with van der Waals surface area (Å²) in [7, 11) is 0. The van der Waals surface area contributed by atoms with Crippen LogP contribution in [0.2, 0.25) is 0 Å². The molecule has 1 aliphatic rings. The Bertz CT molecular complexity index is 328. The zero-order chi connectivity index (χ0) is 12.7. The van der Waals surface area contributed by atoms with Crippen LogP contribution in [-0.4, -0.2) is 0 Å². The lowest BCUT2D eigenvalue weighted by molar-refractivity contribution is 0.583. The molecule has 0 nitrogen and oxygen atoms in total. The van der Waals surface area contributed by atoms with Crippen molar-refractivity contribution in [2.24, 2.45) is 5.92 Å². The Morgan fingerprint density at radius 3 is 2.65 bits per heavy atom. The van der Waals surface area contributed by atoms with Gasteiger partial charge in [-0.1, -0.05) is 48.5 Å². The first-order chi connectivity index (χ1) is 8.11. The van der Waals surface area contributed by atoms with Crippen molar-refractivity contribution in [2.75, 3.05) is 0 Å². The monoisotopic (exact) mass is 230 g/mol. The van der Waals surface area contributed by atoms with Crippen LogP contribution >= 0.6 is 0 Å². The Hall–Kier alpha value is -1.04. The number of hydrogen-bond acceptors (Lipinski definition) is 0. The molecule has 0 heteroatoms. The van der Waals surface area contributed by atoms with Crippen LogP contribution in [0, 0.1) is 5.92 Å². The number of rotatable bonds is 7. The molecule has 0 saturated carbocycles. The van der Waals surface area contributed by atoms with Gasteiger partial charge in [0.2, 0.25) is 0 Å². The number of hydrogen-bond donors (Lipinski definition) is 0. The van der Waals surface area contributed by atoms with Gasteiger partial charge in [-0.3, -0.25) is 0 Å². The van der Waals surface area contributed by atoms with Gasteiger partial charge in [-0.25, -0.2) is 0 Å². The van der Waals surface area contributed by atoms with Crippen molar-refractivity contribution >= 4 is 0 Å². The second-order valence-corrected chi connectivity index (χ2v) is 5.23. The lowest BCUT2D eigenvalue weighted by Gasteiger charge is -2.16. The average Bonchev–Trinajstić information content (AvgIpc) is 2.34. The predicted octanol–water partition coefficient (Wildman–Crippen LogP) is 5.59. The first kappa shape index (κ1) is 14.0. The van der Waals surface area contributed by atoms with Crippen LogP contribution in [-0.2, 0) is 0 Å². The summed E-state index contributed by atoms with van der Waals surface area (Å²) in [6.45, 7) is 12.3. The smallest absolute Gasteiger partial charge is 0.0192 e. The van der Waals surface area contributed by atoms with Crippen molar-refractivity contribution in [3.8, 4) is 0 Å². The molecule has 1 rings (SSSR count). The molecule has 0 heterocycles. The first-order valence-corrected chi connectivity index (χ1v) is 6.80. The van der Waals surface area contributed by atoms with Gasteiger partial charge in [-0.15, -0.1) is 6.58 Å². The minimum absolute atomic E-state index is 0.729. The van der Waals surface area contributed by atoms with Crippen molar-refractivity contribution in [3.05, 3.63) is 48.1 Å². The fraction of sp³-hybridized carbons (Fsp3) is 0.529. The maximum Gasteiger partial charge on any atom is -0.0192 e. The fourth-order valence-electron chi connectivity index (χ4n) is 2.03. The summed E-state index contributed by atoms with van der Waals surface area (Å²) in [6, 6.07) is 0.